The summed E-state index contributed by atoms with van der Waals surface area (Å²) in [6.07, 6.45) is 0. The highest BCUT2D eigenvalue weighted by atomic mass is 32.1. The fourth-order valence-corrected chi connectivity index (χ4v) is 0.357. The first kappa shape index (κ1) is 10.2. The average Bonchev–Trinajstić information content (AvgIpc) is 1.80. The van der Waals surface area contributed by atoms with Crippen molar-refractivity contribution in [2.45, 2.75) is 20.8 Å². The Morgan fingerprint density at radius 2 is 1.82 bits per heavy atom. The van der Waals surface area contributed by atoms with Crippen LogP contribution >= 0.6 is 12.2 Å². The van der Waals surface area contributed by atoms with Gasteiger partial charge in [-0.25, -0.2) is 0 Å². The number of rotatable bonds is 0. The van der Waals surface area contributed by atoms with Gasteiger partial charge < -0.3 is 5.73 Å². The minimum absolute atomic E-state index is 0.0580. The van der Waals surface area contributed by atoms with E-state index in [0.717, 1.165) is 0 Å². The molecule has 0 saturated heterocycles. The van der Waals surface area contributed by atoms with Crippen LogP contribution in [-0.2, 0) is 4.79 Å². The van der Waals surface area contributed by atoms with E-state index >= 15 is 0 Å². The van der Waals surface area contributed by atoms with Crippen LogP contribution < -0.4 is 16.6 Å². The lowest BCUT2D eigenvalue weighted by Gasteiger charge is -2.17. The second kappa shape index (κ2) is 3.52. The van der Waals surface area contributed by atoms with Crippen LogP contribution in [0.3, 0.4) is 0 Å². The first-order chi connectivity index (χ1) is 4.84. The zero-order valence-electron chi connectivity index (χ0n) is 6.89. The minimum Gasteiger partial charge on any atom is -0.375 e. The molecule has 0 atom stereocenters. The first-order valence-electron chi connectivity index (χ1n) is 3.20. The van der Waals surface area contributed by atoms with Crippen molar-refractivity contribution < 1.29 is 4.79 Å². The average molecular weight is 175 g/mol. The largest absolute Gasteiger partial charge is 0.375 e. The number of hydrogen-bond acceptors (Lipinski definition) is 2. The zero-order chi connectivity index (χ0) is 9.07. The van der Waals surface area contributed by atoms with Gasteiger partial charge in [0, 0.05) is 5.41 Å². The summed E-state index contributed by atoms with van der Waals surface area (Å²) in [7, 11) is 0. The van der Waals surface area contributed by atoms with Crippen LogP contribution in [-0.4, -0.2) is 11.0 Å². The molecule has 4 nitrogen and oxygen atoms in total. The SMILES string of the molecule is CC(C)(C)C(=O)NNC(N)=S. The molecule has 0 aliphatic heterocycles. The van der Waals surface area contributed by atoms with Crippen molar-refractivity contribution in [3.05, 3.63) is 0 Å². The van der Waals surface area contributed by atoms with Gasteiger partial charge in [0.05, 0.1) is 0 Å². The van der Waals surface area contributed by atoms with E-state index in [0.29, 0.717) is 0 Å². The molecule has 1 amide bonds. The highest BCUT2D eigenvalue weighted by molar-refractivity contribution is 7.80. The summed E-state index contributed by atoms with van der Waals surface area (Å²) in [6, 6.07) is 0. The highest BCUT2D eigenvalue weighted by Crippen LogP contribution is 2.11. The van der Waals surface area contributed by atoms with Crippen LogP contribution in [0.5, 0.6) is 0 Å². The summed E-state index contributed by atoms with van der Waals surface area (Å²) in [5.74, 6) is -0.148. The van der Waals surface area contributed by atoms with Gasteiger partial charge in [0.1, 0.15) is 0 Å². The number of amides is 1. The van der Waals surface area contributed by atoms with Gasteiger partial charge >= 0.3 is 0 Å². The number of hydrogen-bond donors (Lipinski definition) is 3. The molecule has 0 fully saturated rings. The van der Waals surface area contributed by atoms with Crippen LogP contribution in [0.4, 0.5) is 0 Å². The number of carbonyl (C=O) groups is 1. The van der Waals surface area contributed by atoms with E-state index in [1.165, 1.54) is 0 Å². The van der Waals surface area contributed by atoms with Crippen LogP contribution in [0.2, 0.25) is 0 Å². The number of nitrogens with two attached hydrogens (primary N) is 1. The van der Waals surface area contributed by atoms with Gasteiger partial charge in [-0.05, 0) is 12.2 Å². The molecule has 0 unspecified atom stereocenters. The molecule has 0 aromatic heterocycles. The van der Waals surface area contributed by atoms with Gasteiger partial charge in [0.2, 0.25) is 5.91 Å². The first-order valence-corrected chi connectivity index (χ1v) is 3.61. The molecule has 0 radical (unpaired) electrons. The smallest absolute Gasteiger partial charge is 0.243 e. The highest BCUT2D eigenvalue weighted by Gasteiger charge is 2.20. The van der Waals surface area contributed by atoms with E-state index in [1.54, 1.807) is 20.8 Å². The van der Waals surface area contributed by atoms with Gasteiger partial charge in [-0.2, -0.15) is 0 Å². The second-order valence-electron chi connectivity index (χ2n) is 3.19. The fraction of sp³-hybridized carbons (Fsp3) is 0.667. The number of carbonyl (C=O) groups excluding carboxylic acids is 1. The Bertz CT molecular complexity index is 173. The predicted octanol–water partition coefficient (Wildman–Crippen LogP) is -0.103. The Balaban J connectivity index is 3.80. The number of thiocarbonyl (C=S) groups is 1. The van der Waals surface area contributed by atoms with Crippen molar-refractivity contribution in [1.82, 2.24) is 10.9 Å². The van der Waals surface area contributed by atoms with Gasteiger partial charge in [-0.15, -0.1) is 0 Å². The summed E-state index contributed by atoms with van der Waals surface area (Å²) in [5, 5.41) is 0.0580. The van der Waals surface area contributed by atoms with E-state index in [4.69, 9.17) is 5.73 Å². The van der Waals surface area contributed by atoms with E-state index in [2.05, 4.69) is 23.1 Å². The molecule has 0 rings (SSSR count). The molecule has 0 spiro atoms. The van der Waals surface area contributed by atoms with Gasteiger partial charge in [0.15, 0.2) is 5.11 Å². The standard InChI is InChI=1S/C6H13N3OS/c1-6(2,3)4(10)8-9-5(7)11/h1-3H3,(H,8,10)(H3,7,9,11). The third-order valence-corrected chi connectivity index (χ3v) is 1.08. The van der Waals surface area contributed by atoms with Crippen LogP contribution in [0.25, 0.3) is 0 Å². The summed E-state index contributed by atoms with van der Waals surface area (Å²) in [4.78, 5) is 11.1. The third-order valence-electron chi connectivity index (χ3n) is 0.980. The van der Waals surface area contributed by atoms with Crippen molar-refractivity contribution in [2.75, 3.05) is 0 Å². The van der Waals surface area contributed by atoms with Crippen molar-refractivity contribution in [1.29, 1.82) is 0 Å². The maximum atomic E-state index is 11.1. The summed E-state index contributed by atoms with van der Waals surface area (Å²) in [6.45, 7) is 5.39. The lowest BCUT2D eigenvalue weighted by molar-refractivity contribution is -0.129. The molecular formula is C6H13N3OS. The molecule has 11 heavy (non-hydrogen) atoms. The molecular weight excluding hydrogens is 162 g/mol. The summed E-state index contributed by atoms with van der Waals surface area (Å²) < 4.78 is 0. The van der Waals surface area contributed by atoms with E-state index in [-0.39, 0.29) is 11.0 Å². The minimum atomic E-state index is -0.433. The molecule has 4 N–H and O–H groups in total. The Morgan fingerprint density at radius 1 is 1.36 bits per heavy atom. The van der Waals surface area contributed by atoms with Crippen molar-refractivity contribution in [2.24, 2.45) is 11.1 Å². The number of hydrazine groups is 1. The van der Waals surface area contributed by atoms with Crippen LogP contribution in [0.1, 0.15) is 20.8 Å². The van der Waals surface area contributed by atoms with Crippen molar-refractivity contribution >= 4 is 23.2 Å². The Kier molecular flexibility index (Phi) is 3.25. The van der Waals surface area contributed by atoms with Gasteiger partial charge in [-0.3, -0.25) is 15.6 Å². The van der Waals surface area contributed by atoms with Gasteiger partial charge in [0.25, 0.3) is 0 Å². The number of nitrogens with one attached hydrogen (secondary N) is 2. The van der Waals surface area contributed by atoms with Crippen molar-refractivity contribution in [3.63, 3.8) is 0 Å². The molecule has 0 aromatic rings. The molecule has 64 valence electrons. The topological polar surface area (TPSA) is 67.2 Å². The van der Waals surface area contributed by atoms with E-state index in [1.807, 2.05) is 0 Å². The van der Waals surface area contributed by atoms with Crippen LogP contribution in [0.15, 0.2) is 0 Å². The molecule has 0 aliphatic carbocycles. The van der Waals surface area contributed by atoms with Crippen LogP contribution in [0, 0.1) is 5.41 Å². The molecule has 0 aromatic carbocycles. The quantitative estimate of drug-likeness (QED) is 0.355. The maximum Gasteiger partial charge on any atom is 0.243 e. The van der Waals surface area contributed by atoms with E-state index < -0.39 is 5.41 Å². The second-order valence-corrected chi connectivity index (χ2v) is 3.63. The third kappa shape index (κ3) is 4.55. The maximum absolute atomic E-state index is 11.1. The predicted molar refractivity (Wildman–Crippen MR) is 47.5 cm³/mol. The molecule has 0 heterocycles. The Morgan fingerprint density at radius 3 is 2.09 bits per heavy atom. The zero-order valence-corrected chi connectivity index (χ0v) is 7.71. The lowest BCUT2D eigenvalue weighted by atomic mass is 9.96. The summed E-state index contributed by atoms with van der Waals surface area (Å²) >= 11 is 4.49. The Labute approximate surface area is 71.5 Å². The summed E-state index contributed by atoms with van der Waals surface area (Å²) in [5.41, 5.74) is 9.39. The molecule has 0 saturated carbocycles. The monoisotopic (exact) mass is 175 g/mol. The molecule has 5 heteroatoms. The molecule has 0 aliphatic rings. The normalized spacial score (nSPS) is 10.5. The fourth-order valence-electron chi connectivity index (χ4n) is 0.306. The van der Waals surface area contributed by atoms with Gasteiger partial charge in [-0.1, -0.05) is 20.8 Å². The lowest BCUT2D eigenvalue weighted by Crippen LogP contribution is -2.48. The Hall–Kier alpha value is -0.840. The van der Waals surface area contributed by atoms with Crippen molar-refractivity contribution in [3.8, 4) is 0 Å². The van der Waals surface area contributed by atoms with E-state index in [9.17, 15) is 4.79 Å². The molecule has 0 bridgehead atoms.